The zero-order valence-corrected chi connectivity index (χ0v) is 14.3. The van der Waals surface area contributed by atoms with E-state index in [1.165, 1.54) is 29.4 Å². The summed E-state index contributed by atoms with van der Waals surface area (Å²) in [6, 6.07) is 8.57. The van der Waals surface area contributed by atoms with E-state index in [0.717, 1.165) is 31.5 Å². The van der Waals surface area contributed by atoms with Crippen LogP contribution in [0, 0.1) is 5.41 Å². The first-order chi connectivity index (χ1) is 11.0. The molecule has 3 N–H and O–H groups in total. The molecule has 0 atom stereocenters. The number of thiazole rings is 1. The lowest BCUT2D eigenvalue weighted by Gasteiger charge is -2.05. The van der Waals surface area contributed by atoms with Crippen molar-refractivity contribution < 1.29 is 4.79 Å². The summed E-state index contributed by atoms with van der Waals surface area (Å²) in [4.78, 5) is 15.4. The van der Waals surface area contributed by atoms with E-state index >= 15 is 0 Å². The predicted molar refractivity (Wildman–Crippen MR) is 95.4 cm³/mol. The predicted octanol–water partition coefficient (Wildman–Crippen LogP) is 3.02. The van der Waals surface area contributed by atoms with Gasteiger partial charge < -0.3 is 10.6 Å². The minimum absolute atomic E-state index is 0.0887. The molecule has 1 aromatic heterocycles. The van der Waals surface area contributed by atoms with E-state index in [-0.39, 0.29) is 5.91 Å². The molecule has 2 rings (SSSR count). The van der Waals surface area contributed by atoms with Crippen molar-refractivity contribution in [2.24, 2.45) is 0 Å². The van der Waals surface area contributed by atoms with Gasteiger partial charge in [0.2, 0.25) is 5.91 Å². The van der Waals surface area contributed by atoms with E-state index in [4.69, 9.17) is 5.41 Å². The van der Waals surface area contributed by atoms with Crippen LogP contribution in [0.4, 0.5) is 5.13 Å². The van der Waals surface area contributed by atoms with Crippen molar-refractivity contribution in [2.75, 3.05) is 11.9 Å². The van der Waals surface area contributed by atoms with Crippen LogP contribution in [-0.4, -0.2) is 23.3 Å². The number of aryl methyl sites for hydroxylation is 2. The van der Waals surface area contributed by atoms with Crippen LogP contribution in [-0.2, 0) is 24.1 Å². The molecule has 0 spiro atoms. The molecule has 0 saturated heterocycles. The largest absolute Gasteiger partial charge is 0.374 e. The first-order valence-electron chi connectivity index (χ1n) is 7.62. The number of hydrogen-bond donors (Lipinski definition) is 3. The first-order valence-corrected chi connectivity index (χ1v) is 8.50. The Labute approximate surface area is 140 Å². The molecule has 122 valence electrons. The lowest BCUT2D eigenvalue weighted by atomic mass is 10.0. The molecule has 1 heterocycles. The number of carbonyl (C=O) groups excluding carboxylic acids is 1. The van der Waals surface area contributed by atoms with Crippen molar-refractivity contribution in [1.82, 2.24) is 10.3 Å². The average Bonchev–Trinajstić information content (AvgIpc) is 2.93. The molecular formula is C17H22N4OS. The summed E-state index contributed by atoms with van der Waals surface area (Å²) in [6.07, 6.45) is 2.72. The van der Waals surface area contributed by atoms with E-state index in [1.54, 1.807) is 6.92 Å². The highest BCUT2D eigenvalue weighted by atomic mass is 32.1. The van der Waals surface area contributed by atoms with Crippen LogP contribution in [0.3, 0.4) is 0 Å². The van der Waals surface area contributed by atoms with Gasteiger partial charge in [-0.25, -0.2) is 4.98 Å². The fraction of sp³-hybridized carbons (Fsp3) is 0.353. The lowest BCUT2D eigenvalue weighted by molar-refractivity contribution is -0.114. The molecule has 0 fully saturated rings. The lowest BCUT2D eigenvalue weighted by Crippen LogP contribution is -2.21. The number of carbonyl (C=O) groups is 1. The van der Waals surface area contributed by atoms with Gasteiger partial charge in [-0.3, -0.25) is 10.2 Å². The van der Waals surface area contributed by atoms with E-state index < -0.39 is 0 Å². The first kappa shape index (κ1) is 17.1. The summed E-state index contributed by atoms with van der Waals surface area (Å²) in [5.41, 5.74) is 3.55. The zero-order valence-electron chi connectivity index (χ0n) is 13.5. The maximum atomic E-state index is 11.0. The van der Waals surface area contributed by atoms with Crippen molar-refractivity contribution in [2.45, 2.75) is 33.1 Å². The summed E-state index contributed by atoms with van der Waals surface area (Å²) in [5, 5.41) is 15.7. The topological polar surface area (TPSA) is 77.9 Å². The van der Waals surface area contributed by atoms with Crippen LogP contribution in [0.1, 0.15) is 30.7 Å². The van der Waals surface area contributed by atoms with Gasteiger partial charge in [0.05, 0.1) is 11.5 Å². The molecule has 0 bridgehead atoms. The molecule has 6 heteroatoms. The number of nitrogens with one attached hydrogen (secondary N) is 3. The molecule has 0 aliphatic carbocycles. The summed E-state index contributed by atoms with van der Waals surface area (Å²) in [5.74, 6) is 0.415. The van der Waals surface area contributed by atoms with Crippen molar-refractivity contribution in [3.63, 3.8) is 0 Å². The highest BCUT2D eigenvalue weighted by molar-refractivity contribution is 7.13. The molecule has 1 amide bonds. The van der Waals surface area contributed by atoms with Crippen LogP contribution < -0.4 is 10.6 Å². The zero-order chi connectivity index (χ0) is 16.7. The van der Waals surface area contributed by atoms with Gasteiger partial charge in [0.15, 0.2) is 5.13 Å². The normalized spacial score (nSPS) is 10.3. The molecule has 5 nitrogen and oxygen atoms in total. The van der Waals surface area contributed by atoms with Crippen LogP contribution >= 0.6 is 11.3 Å². The number of amides is 1. The summed E-state index contributed by atoms with van der Waals surface area (Å²) in [7, 11) is 0. The number of aromatic nitrogens is 1. The Morgan fingerprint density at radius 3 is 2.39 bits per heavy atom. The Balaban J connectivity index is 1.80. The molecule has 1 aromatic carbocycles. The Morgan fingerprint density at radius 1 is 1.13 bits per heavy atom. The van der Waals surface area contributed by atoms with Gasteiger partial charge in [0.1, 0.15) is 0 Å². The van der Waals surface area contributed by atoms with Crippen LogP contribution in [0.25, 0.3) is 0 Å². The number of anilines is 1. The van der Waals surface area contributed by atoms with Crippen molar-refractivity contribution >= 4 is 28.2 Å². The molecule has 0 aliphatic heterocycles. The number of hydrogen-bond acceptors (Lipinski definition) is 4. The summed E-state index contributed by atoms with van der Waals surface area (Å²) in [6.45, 7) is 4.03. The maximum absolute atomic E-state index is 11.0. The molecular weight excluding hydrogens is 308 g/mol. The van der Waals surface area contributed by atoms with E-state index in [1.807, 2.05) is 5.38 Å². The number of benzene rings is 1. The minimum Gasteiger partial charge on any atom is -0.374 e. The van der Waals surface area contributed by atoms with Crippen LogP contribution in [0.2, 0.25) is 0 Å². The fourth-order valence-electron chi connectivity index (χ4n) is 2.17. The average molecular weight is 330 g/mol. The quantitative estimate of drug-likeness (QED) is 0.539. The third-order valence-corrected chi connectivity index (χ3v) is 4.14. The molecule has 2 aromatic rings. The number of rotatable bonds is 7. The summed E-state index contributed by atoms with van der Waals surface area (Å²) >= 11 is 1.46. The van der Waals surface area contributed by atoms with Crippen molar-refractivity contribution in [1.29, 1.82) is 5.41 Å². The highest BCUT2D eigenvalue weighted by Crippen LogP contribution is 2.17. The van der Waals surface area contributed by atoms with Gasteiger partial charge in [-0.15, -0.1) is 11.3 Å². The highest BCUT2D eigenvalue weighted by Gasteiger charge is 2.04. The second kappa shape index (κ2) is 8.43. The molecule has 0 saturated carbocycles. The van der Waals surface area contributed by atoms with Crippen molar-refractivity contribution in [3.8, 4) is 0 Å². The third kappa shape index (κ3) is 6.20. The SMILES string of the molecule is CC(=N)NCCc1ccc(CCc2csc(NC(C)=O)n2)cc1. The molecule has 23 heavy (non-hydrogen) atoms. The number of amidine groups is 1. The maximum Gasteiger partial charge on any atom is 0.223 e. The molecule has 0 unspecified atom stereocenters. The Kier molecular flexibility index (Phi) is 6.29. The summed E-state index contributed by atoms with van der Waals surface area (Å²) < 4.78 is 0. The molecule has 0 radical (unpaired) electrons. The van der Waals surface area contributed by atoms with Crippen LogP contribution in [0.15, 0.2) is 29.6 Å². The van der Waals surface area contributed by atoms with E-state index in [0.29, 0.717) is 11.0 Å². The minimum atomic E-state index is -0.0887. The van der Waals surface area contributed by atoms with E-state index in [2.05, 4.69) is 39.9 Å². The van der Waals surface area contributed by atoms with Gasteiger partial charge in [0, 0.05) is 18.8 Å². The second-order valence-electron chi connectivity index (χ2n) is 5.44. The van der Waals surface area contributed by atoms with Gasteiger partial charge >= 0.3 is 0 Å². The standard InChI is InChI=1S/C17H22N4OS/c1-12(18)19-10-9-15-5-3-14(4-6-15)7-8-16-11-23-17(21-16)20-13(2)22/h3-6,11H,7-10H2,1-2H3,(H2,18,19)(H,20,21,22). The van der Waals surface area contributed by atoms with Crippen LogP contribution in [0.5, 0.6) is 0 Å². The third-order valence-electron chi connectivity index (χ3n) is 3.33. The fourth-order valence-corrected chi connectivity index (χ4v) is 2.96. The van der Waals surface area contributed by atoms with E-state index in [9.17, 15) is 4.79 Å². The Morgan fingerprint density at radius 2 is 1.78 bits per heavy atom. The van der Waals surface area contributed by atoms with Gasteiger partial charge in [0.25, 0.3) is 0 Å². The number of nitrogens with zero attached hydrogens (tertiary/aromatic N) is 1. The monoisotopic (exact) mass is 330 g/mol. The van der Waals surface area contributed by atoms with Gasteiger partial charge in [-0.2, -0.15) is 0 Å². The Hall–Kier alpha value is -2.21. The van der Waals surface area contributed by atoms with Gasteiger partial charge in [-0.05, 0) is 37.3 Å². The Bertz CT molecular complexity index is 663. The second-order valence-corrected chi connectivity index (χ2v) is 6.30. The van der Waals surface area contributed by atoms with Crippen molar-refractivity contribution in [3.05, 3.63) is 46.5 Å². The smallest absolute Gasteiger partial charge is 0.223 e. The molecule has 0 aliphatic rings. The van der Waals surface area contributed by atoms with Gasteiger partial charge in [-0.1, -0.05) is 24.3 Å².